The summed E-state index contributed by atoms with van der Waals surface area (Å²) < 4.78 is 0. The van der Waals surface area contributed by atoms with Crippen molar-refractivity contribution >= 4 is 17.1 Å². The molecule has 2 heteroatoms. The Hall–Kier alpha value is -1.31. The molecule has 13 heavy (non-hydrogen) atoms. The van der Waals surface area contributed by atoms with Crippen LogP contribution in [0.15, 0.2) is 23.2 Å². The quantitative estimate of drug-likeness (QED) is 0.603. The van der Waals surface area contributed by atoms with Gasteiger partial charge in [0, 0.05) is 11.1 Å². The molecule has 0 amide bonds. The first-order valence-corrected chi connectivity index (χ1v) is 4.48. The van der Waals surface area contributed by atoms with Crippen molar-refractivity contribution in [1.29, 1.82) is 0 Å². The Balaban J connectivity index is 2.71. The van der Waals surface area contributed by atoms with Gasteiger partial charge in [-0.2, -0.15) is 0 Å². The van der Waals surface area contributed by atoms with Gasteiger partial charge >= 0.3 is 0 Å². The molecule has 1 heterocycles. The predicted octanol–water partition coefficient (Wildman–Crippen LogP) is 2.65. The first kappa shape index (κ1) is 8.30. The van der Waals surface area contributed by atoms with Crippen LogP contribution in [-0.4, -0.2) is 5.71 Å². The zero-order valence-corrected chi connectivity index (χ0v) is 8.26. The molecule has 2 rings (SSSR count). The summed E-state index contributed by atoms with van der Waals surface area (Å²) in [5.74, 6) is 0. The van der Waals surface area contributed by atoms with Gasteiger partial charge < -0.3 is 5.73 Å². The van der Waals surface area contributed by atoms with E-state index in [1.807, 2.05) is 12.1 Å². The lowest BCUT2D eigenvalue weighted by Crippen LogP contribution is -2.22. The van der Waals surface area contributed by atoms with Gasteiger partial charge in [0.2, 0.25) is 0 Å². The van der Waals surface area contributed by atoms with Crippen molar-refractivity contribution in [1.82, 2.24) is 0 Å². The highest BCUT2D eigenvalue weighted by Gasteiger charge is 2.32. The summed E-state index contributed by atoms with van der Waals surface area (Å²) in [5, 5.41) is 0. The van der Waals surface area contributed by atoms with Gasteiger partial charge in [-0.3, -0.25) is 4.99 Å². The van der Waals surface area contributed by atoms with Crippen molar-refractivity contribution in [3.05, 3.63) is 23.8 Å². The number of benzene rings is 1. The number of hydrogen-bond acceptors (Lipinski definition) is 2. The second-order valence-electron chi connectivity index (χ2n) is 4.07. The highest BCUT2D eigenvalue weighted by atomic mass is 14.8. The Labute approximate surface area is 78.5 Å². The van der Waals surface area contributed by atoms with Crippen LogP contribution in [0, 0.1) is 0 Å². The number of nitrogens with zero attached hydrogens (tertiary/aromatic N) is 1. The molecule has 0 fully saturated rings. The molecule has 68 valence electrons. The zero-order valence-electron chi connectivity index (χ0n) is 8.26. The Morgan fingerprint density at radius 1 is 1.31 bits per heavy atom. The Morgan fingerprint density at radius 3 is 2.62 bits per heavy atom. The van der Waals surface area contributed by atoms with Gasteiger partial charge in [0.1, 0.15) is 0 Å². The van der Waals surface area contributed by atoms with E-state index in [9.17, 15) is 0 Å². The van der Waals surface area contributed by atoms with Crippen molar-refractivity contribution in [3.63, 3.8) is 0 Å². The fourth-order valence-corrected chi connectivity index (χ4v) is 1.69. The molecule has 1 aliphatic rings. The number of hydrogen-bond donors (Lipinski definition) is 1. The van der Waals surface area contributed by atoms with Crippen molar-refractivity contribution in [3.8, 4) is 0 Å². The van der Waals surface area contributed by atoms with Crippen molar-refractivity contribution in [2.75, 3.05) is 5.73 Å². The fourth-order valence-electron chi connectivity index (χ4n) is 1.69. The molecular weight excluding hydrogens is 160 g/mol. The third-order valence-electron chi connectivity index (χ3n) is 2.92. The fraction of sp³-hybridized carbons (Fsp3) is 0.364. The van der Waals surface area contributed by atoms with E-state index < -0.39 is 0 Å². The van der Waals surface area contributed by atoms with Gasteiger partial charge in [0.25, 0.3) is 0 Å². The van der Waals surface area contributed by atoms with Crippen LogP contribution >= 0.6 is 0 Å². The van der Waals surface area contributed by atoms with Gasteiger partial charge in [-0.1, -0.05) is 26.0 Å². The van der Waals surface area contributed by atoms with Crippen LogP contribution in [0.3, 0.4) is 0 Å². The van der Waals surface area contributed by atoms with Crippen LogP contribution in [0.25, 0.3) is 0 Å². The maximum absolute atomic E-state index is 5.85. The number of fused-ring (bicyclic) bond motifs is 1. The first-order chi connectivity index (χ1) is 6.03. The Kier molecular flexibility index (Phi) is 1.50. The minimum atomic E-state index is 0.0463. The van der Waals surface area contributed by atoms with Crippen molar-refractivity contribution < 1.29 is 0 Å². The summed E-state index contributed by atoms with van der Waals surface area (Å²) in [7, 11) is 0. The smallest absolute Gasteiger partial charge is 0.0899 e. The third kappa shape index (κ3) is 0.981. The third-order valence-corrected chi connectivity index (χ3v) is 2.92. The molecule has 0 unspecified atom stereocenters. The summed E-state index contributed by atoms with van der Waals surface area (Å²) in [6.07, 6.45) is 0. The second-order valence-corrected chi connectivity index (χ2v) is 4.07. The minimum absolute atomic E-state index is 0.0463. The highest BCUT2D eigenvalue weighted by Crippen LogP contribution is 2.42. The number of nitrogen functional groups attached to an aromatic ring is 1. The Morgan fingerprint density at radius 2 is 2.00 bits per heavy atom. The average molecular weight is 174 g/mol. The molecule has 1 aromatic rings. The van der Waals surface area contributed by atoms with Gasteiger partial charge in [0.05, 0.1) is 11.4 Å². The number of para-hydroxylation sites is 1. The van der Waals surface area contributed by atoms with E-state index in [4.69, 9.17) is 5.73 Å². The molecule has 2 nitrogen and oxygen atoms in total. The lowest BCUT2D eigenvalue weighted by molar-refractivity contribution is 0.733. The summed E-state index contributed by atoms with van der Waals surface area (Å²) >= 11 is 0. The SMILES string of the molecule is CC1=Nc2c(N)cccc2C1(C)C. The molecule has 0 atom stereocenters. The molecule has 1 aliphatic heterocycles. The summed E-state index contributed by atoms with van der Waals surface area (Å²) in [6, 6.07) is 5.99. The van der Waals surface area contributed by atoms with Crippen LogP contribution in [0.5, 0.6) is 0 Å². The standard InChI is InChI=1S/C11H14N2/c1-7-11(2,3)8-5-4-6-9(12)10(8)13-7/h4-6H,12H2,1-3H3. The van der Waals surface area contributed by atoms with E-state index in [-0.39, 0.29) is 5.41 Å². The summed E-state index contributed by atoms with van der Waals surface area (Å²) in [6.45, 7) is 6.41. The molecule has 0 aromatic heterocycles. The van der Waals surface area contributed by atoms with E-state index in [0.717, 1.165) is 17.1 Å². The maximum atomic E-state index is 5.85. The largest absolute Gasteiger partial charge is 0.397 e. The molecule has 1 aromatic carbocycles. The average Bonchev–Trinajstić information content (AvgIpc) is 2.28. The van der Waals surface area contributed by atoms with Crippen LogP contribution in [-0.2, 0) is 5.41 Å². The van der Waals surface area contributed by atoms with Gasteiger partial charge in [-0.25, -0.2) is 0 Å². The molecule has 0 spiro atoms. The van der Waals surface area contributed by atoms with E-state index in [1.54, 1.807) is 0 Å². The zero-order chi connectivity index (χ0) is 9.64. The predicted molar refractivity (Wildman–Crippen MR) is 56.6 cm³/mol. The molecule has 0 aliphatic carbocycles. The summed E-state index contributed by atoms with van der Waals surface area (Å²) in [4.78, 5) is 4.50. The molecule has 2 N–H and O–H groups in total. The van der Waals surface area contributed by atoms with Gasteiger partial charge in [-0.05, 0) is 18.6 Å². The monoisotopic (exact) mass is 174 g/mol. The van der Waals surface area contributed by atoms with Crippen molar-refractivity contribution in [2.45, 2.75) is 26.2 Å². The lowest BCUT2D eigenvalue weighted by atomic mass is 9.82. The van der Waals surface area contributed by atoms with E-state index in [2.05, 4.69) is 31.8 Å². The van der Waals surface area contributed by atoms with Crippen LogP contribution in [0.1, 0.15) is 26.3 Å². The lowest BCUT2D eigenvalue weighted by Gasteiger charge is -2.19. The highest BCUT2D eigenvalue weighted by molar-refractivity contribution is 6.01. The normalized spacial score (nSPS) is 18.2. The minimum Gasteiger partial charge on any atom is -0.397 e. The van der Waals surface area contributed by atoms with Crippen LogP contribution in [0.4, 0.5) is 11.4 Å². The van der Waals surface area contributed by atoms with Gasteiger partial charge in [0.15, 0.2) is 0 Å². The molecule has 0 radical (unpaired) electrons. The molecule has 0 saturated carbocycles. The van der Waals surface area contributed by atoms with Crippen LogP contribution < -0.4 is 5.73 Å². The van der Waals surface area contributed by atoms with Crippen molar-refractivity contribution in [2.24, 2.45) is 4.99 Å². The van der Waals surface area contributed by atoms with E-state index in [1.165, 1.54) is 5.56 Å². The number of rotatable bonds is 0. The van der Waals surface area contributed by atoms with E-state index >= 15 is 0 Å². The molecular formula is C11H14N2. The topological polar surface area (TPSA) is 38.4 Å². The first-order valence-electron chi connectivity index (χ1n) is 4.48. The number of anilines is 1. The van der Waals surface area contributed by atoms with Crippen LogP contribution in [0.2, 0.25) is 0 Å². The van der Waals surface area contributed by atoms with Gasteiger partial charge in [-0.15, -0.1) is 0 Å². The Bertz CT molecular complexity index is 389. The summed E-state index contributed by atoms with van der Waals surface area (Å²) in [5.41, 5.74) is 10.0. The number of nitrogens with two attached hydrogens (primary N) is 1. The van der Waals surface area contributed by atoms with E-state index in [0.29, 0.717) is 0 Å². The molecule has 0 bridgehead atoms. The number of aliphatic imine (C=N–C) groups is 1. The molecule has 0 saturated heterocycles. The maximum Gasteiger partial charge on any atom is 0.0899 e. The second kappa shape index (κ2) is 2.34.